The Balaban J connectivity index is 2.78. The zero-order valence-corrected chi connectivity index (χ0v) is 9.34. The Morgan fingerprint density at radius 2 is 2.00 bits per heavy atom. The van der Waals surface area contributed by atoms with Crippen LogP contribution in [0.4, 0.5) is 13.2 Å². The van der Waals surface area contributed by atoms with E-state index in [4.69, 9.17) is 0 Å². The smallest absolute Gasteiger partial charge is 0.406 e. The average Bonchev–Trinajstić information content (AvgIpc) is 2.16. The number of hydrogen-bond donors (Lipinski definition) is 0. The number of benzene rings is 1. The molecule has 0 saturated heterocycles. The topological polar surface area (TPSA) is 9.23 Å². The molecular weight excluding hydrogens is 217 g/mol. The van der Waals surface area contributed by atoms with E-state index in [9.17, 15) is 13.2 Å². The predicted molar refractivity (Wildman–Crippen MR) is 56.4 cm³/mol. The predicted octanol–water partition coefficient (Wildman–Crippen LogP) is 4.49. The molecule has 0 aliphatic rings. The maximum atomic E-state index is 12.0. The Kier molecular flexibility index (Phi) is 4.21. The van der Waals surface area contributed by atoms with Crippen molar-refractivity contribution < 1.29 is 17.9 Å². The van der Waals surface area contributed by atoms with E-state index in [2.05, 4.69) is 4.74 Å². The molecule has 4 heteroatoms. The van der Waals surface area contributed by atoms with Gasteiger partial charge in [-0.3, -0.25) is 0 Å². The zero-order chi connectivity index (χ0) is 12.2. The molecule has 0 fully saturated rings. The molecule has 1 rings (SSSR count). The fourth-order valence-corrected chi connectivity index (χ4v) is 1.62. The van der Waals surface area contributed by atoms with Crippen LogP contribution in [0.25, 0.3) is 0 Å². The number of ether oxygens (including phenoxy) is 1. The van der Waals surface area contributed by atoms with E-state index < -0.39 is 6.36 Å². The first kappa shape index (κ1) is 12.9. The van der Waals surface area contributed by atoms with Crippen LogP contribution in [-0.4, -0.2) is 6.36 Å². The molecule has 16 heavy (non-hydrogen) atoms. The number of hydrogen-bond acceptors (Lipinski definition) is 1. The van der Waals surface area contributed by atoms with Crippen molar-refractivity contribution in [2.75, 3.05) is 0 Å². The monoisotopic (exact) mass is 232 g/mol. The SMILES string of the molecule is CCCC(C)c1cccc(OC(F)(F)F)c1. The number of rotatable bonds is 4. The highest BCUT2D eigenvalue weighted by molar-refractivity contribution is 5.30. The lowest BCUT2D eigenvalue weighted by Crippen LogP contribution is -2.17. The summed E-state index contributed by atoms with van der Waals surface area (Å²) in [5, 5.41) is 0. The lowest BCUT2D eigenvalue weighted by Gasteiger charge is -2.13. The van der Waals surface area contributed by atoms with Crippen molar-refractivity contribution in [1.29, 1.82) is 0 Å². The van der Waals surface area contributed by atoms with Gasteiger partial charge in [-0.05, 0) is 30.0 Å². The standard InChI is InChI=1S/C12H15F3O/c1-3-5-9(2)10-6-4-7-11(8-10)16-12(13,14)15/h4,6-9H,3,5H2,1-2H3. The van der Waals surface area contributed by atoms with Crippen molar-refractivity contribution in [2.45, 2.75) is 39.0 Å². The molecule has 0 radical (unpaired) electrons. The van der Waals surface area contributed by atoms with Crippen LogP contribution in [0.3, 0.4) is 0 Å². The van der Waals surface area contributed by atoms with Gasteiger partial charge in [-0.2, -0.15) is 0 Å². The van der Waals surface area contributed by atoms with Crippen LogP contribution in [0.5, 0.6) is 5.75 Å². The Morgan fingerprint density at radius 1 is 1.31 bits per heavy atom. The summed E-state index contributed by atoms with van der Waals surface area (Å²) in [6.07, 6.45) is -2.66. The molecule has 0 spiro atoms. The molecule has 90 valence electrons. The van der Waals surface area contributed by atoms with Crippen LogP contribution in [0.1, 0.15) is 38.2 Å². The Morgan fingerprint density at radius 3 is 2.56 bits per heavy atom. The minimum absolute atomic E-state index is 0.145. The first-order valence-electron chi connectivity index (χ1n) is 5.28. The zero-order valence-electron chi connectivity index (χ0n) is 9.34. The van der Waals surface area contributed by atoms with Gasteiger partial charge in [0.05, 0.1) is 0 Å². The van der Waals surface area contributed by atoms with Gasteiger partial charge in [0.2, 0.25) is 0 Å². The van der Waals surface area contributed by atoms with E-state index in [0.717, 1.165) is 18.4 Å². The minimum atomic E-state index is -4.62. The van der Waals surface area contributed by atoms with Gasteiger partial charge in [0, 0.05) is 0 Å². The summed E-state index contributed by atoms with van der Waals surface area (Å²) in [4.78, 5) is 0. The Labute approximate surface area is 93.2 Å². The van der Waals surface area contributed by atoms with Crippen LogP contribution in [-0.2, 0) is 0 Å². The van der Waals surface area contributed by atoms with Crippen molar-refractivity contribution in [3.63, 3.8) is 0 Å². The van der Waals surface area contributed by atoms with Crippen molar-refractivity contribution in [3.8, 4) is 5.75 Å². The third kappa shape index (κ3) is 4.13. The number of alkyl halides is 3. The maximum Gasteiger partial charge on any atom is 0.573 e. The Hall–Kier alpha value is -1.19. The lowest BCUT2D eigenvalue weighted by molar-refractivity contribution is -0.274. The lowest BCUT2D eigenvalue weighted by atomic mass is 9.96. The van der Waals surface area contributed by atoms with Crippen LogP contribution in [0, 0.1) is 0 Å². The van der Waals surface area contributed by atoms with Crippen molar-refractivity contribution in [2.24, 2.45) is 0 Å². The molecule has 0 N–H and O–H groups in total. The quantitative estimate of drug-likeness (QED) is 0.743. The second-order valence-electron chi connectivity index (χ2n) is 3.81. The van der Waals surface area contributed by atoms with Gasteiger partial charge < -0.3 is 4.74 Å². The van der Waals surface area contributed by atoms with E-state index in [-0.39, 0.29) is 11.7 Å². The molecule has 0 aromatic heterocycles. The van der Waals surface area contributed by atoms with Crippen LogP contribution in [0.2, 0.25) is 0 Å². The highest BCUT2D eigenvalue weighted by Gasteiger charge is 2.31. The summed E-state index contributed by atoms with van der Waals surface area (Å²) in [6, 6.07) is 6.18. The van der Waals surface area contributed by atoms with Crippen molar-refractivity contribution in [3.05, 3.63) is 29.8 Å². The average molecular weight is 232 g/mol. The first-order valence-corrected chi connectivity index (χ1v) is 5.28. The molecule has 0 heterocycles. The van der Waals surface area contributed by atoms with Gasteiger partial charge in [-0.1, -0.05) is 32.4 Å². The molecule has 1 aromatic rings. The summed E-state index contributed by atoms with van der Waals surface area (Å²) in [5.74, 6) is 0.106. The van der Waals surface area contributed by atoms with Gasteiger partial charge >= 0.3 is 6.36 Å². The van der Waals surface area contributed by atoms with Gasteiger partial charge in [0.25, 0.3) is 0 Å². The molecule has 1 unspecified atom stereocenters. The largest absolute Gasteiger partial charge is 0.573 e. The molecule has 0 aliphatic heterocycles. The summed E-state index contributed by atoms with van der Waals surface area (Å²) in [7, 11) is 0. The second-order valence-corrected chi connectivity index (χ2v) is 3.81. The van der Waals surface area contributed by atoms with Gasteiger partial charge in [0.15, 0.2) is 0 Å². The molecule has 0 bridgehead atoms. The van der Waals surface area contributed by atoms with E-state index in [1.165, 1.54) is 12.1 Å². The van der Waals surface area contributed by atoms with E-state index in [1.54, 1.807) is 6.07 Å². The summed E-state index contributed by atoms with van der Waals surface area (Å²) < 4.78 is 39.9. The van der Waals surface area contributed by atoms with E-state index >= 15 is 0 Å². The van der Waals surface area contributed by atoms with Crippen molar-refractivity contribution >= 4 is 0 Å². The number of halogens is 3. The molecule has 0 amide bonds. The summed E-state index contributed by atoms with van der Waals surface area (Å²) in [6.45, 7) is 4.04. The molecule has 1 aromatic carbocycles. The van der Waals surface area contributed by atoms with Crippen LogP contribution >= 0.6 is 0 Å². The van der Waals surface area contributed by atoms with Crippen LogP contribution < -0.4 is 4.74 Å². The molecule has 1 nitrogen and oxygen atoms in total. The van der Waals surface area contributed by atoms with Crippen LogP contribution in [0.15, 0.2) is 24.3 Å². The highest BCUT2D eigenvalue weighted by Crippen LogP contribution is 2.27. The maximum absolute atomic E-state index is 12.0. The summed E-state index contributed by atoms with van der Waals surface area (Å²) in [5.41, 5.74) is 0.878. The van der Waals surface area contributed by atoms with Gasteiger partial charge in [0.1, 0.15) is 5.75 Å². The molecule has 0 aliphatic carbocycles. The van der Waals surface area contributed by atoms with Gasteiger partial charge in [-0.15, -0.1) is 13.2 Å². The Bertz CT molecular complexity index is 333. The molecule has 0 saturated carbocycles. The third-order valence-electron chi connectivity index (χ3n) is 2.38. The van der Waals surface area contributed by atoms with Gasteiger partial charge in [-0.25, -0.2) is 0 Å². The fourth-order valence-electron chi connectivity index (χ4n) is 1.62. The van der Waals surface area contributed by atoms with Crippen molar-refractivity contribution in [1.82, 2.24) is 0 Å². The summed E-state index contributed by atoms with van der Waals surface area (Å²) >= 11 is 0. The molecular formula is C12H15F3O. The second kappa shape index (κ2) is 5.23. The normalized spacial score (nSPS) is 13.6. The molecule has 1 atom stereocenters. The first-order chi connectivity index (χ1) is 7.42. The third-order valence-corrected chi connectivity index (χ3v) is 2.38. The van der Waals surface area contributed by atoms with E-state index in [1.807, 2.05) is 19.9 Å². The van der Waals surface area contributed by atoms with E-state index in [0.29, 0.717) is 0 Å². The fraction of sp³-hybridized carbons (Fsp3) is 0.500. The highest BCUT2D eigenvalue weighted by atomic mass is 19.4. The minimum Gasteiger partial charge on any atom is -0.406 e.